The number of aliphatic hydroxyl groups excluding tert-OH is 1. The molecule has 6 heteroatoms. The maximum Gasteiger partial charge on any atom is 0.304 e. The Morgan fingerprint density at radius 1 is 1.53 bits per heavy atom. The molecule has 94 valence electrons. The molecule has 0 saturated heterocycles. The normalized spacial score (nSPS) is 11.3. The number of benzene rings is 1. The number of rotatable bonds is 5. The first kappa shape index (κ1) is 13.4. The van der Waals surface area contributed by atoms with Crippen LogP contribution in [0.3, 0.4) is 0 Å². The van der Waals surface area contributed by atoms with Crippen molar-refractivity contribution in [2.45, 2.75) is 13.8 Å². The summed E-state index contributed by atoms with van der Waals surface area (Å²) in [6.45, 7) is 4.14. The topological polar surface area (TPSA) is 75.4 Å². The van der Waals surface area contributed by atoms with Gasteiger partial charge in [0.15, 0.2) is 0 Å². The lowest BCUT2D eigenvalue weighted by Gasteiger charge is -2.22. The van der Waals surface area contributed by atoms with Gasteiger partial charge in [0.2, 0.25) is 5.82 Å². The molecule has 5 nitrogen and oxygen atoms in total. The van der Waals surface area contributed by atoms with E-state index >= 15 is 0 Å². The number of nitrogens with one attached hydrogen (secondary N) is 1. The number of aliphatic hydroxyl groups is 1. The summed E-state index contributed by atoms with van der Waals surface area (Å²) in [4.78, 5) is 9.64. The molecule has 0 spiro atoms. The third kappa shape index (κ3) is 3.67. The molecule has 0 fully saturated rings. The van der Waals surface area contributed by atoms with E-state index in [2.05, 4.69) is 5.32 Å². The van der Waals surface area contributed by atoms with Crippen molar-refractivity contribution in [3.8, 4) is 0 Å². The van der Waals surface area contributed by atoms with E-state index < -0.39 is 16.4 Å². The minimum absolute atomic E-state index is 0.00450. The Morgan fingerprint density at radius 3 is 2.65 bits per heavy atom. The summed E-state index contributed by atoms with van der Waals surface area (Å²) in [6.07, 6.45) is 0. The first-order valence-electron chi connectivity index (χ1n) is 5.14. The van der Waals surface area contributed by atoms with Gasteiger partial charge in [-0.3, -0.25) is 10.1 Å². The van der Waals surface area contributed by atoms with Gasteiger partial charge in [-0.15, -0.1) is 0 Å². The number of nitro benzene ring substituents is 1. The van der Waals surface area contributed by atoms with Crippen LogP contribution in [0.4, 0.5) is 15.8 Å². The fraction of sp³-hybridized carbons (Fsp3) is 0.455. The van der Waals surface area contributed by atoms with E-state index in [9.17, 15) is 14.5 Å². The third-order valence-electron chi connectivity index (χ3n) is 2.34. The quantitative estimate of drug-likeness (QED) is 0.613. The van der Waals surface area contributed by atoms with E-state index in [0.29, 0.717) is 12.2 Å². The molecule has 2 N–H and O–H groups in total. The third-order valence-corrected chi connectivity index (χ3v) is 2.34. The summed E-state index contributed by atoms with van der Waals surface area (Å²) in [5.74, 6) is -0.873. The molecular formula is C11H15FN2O3. The van der Waals surface area contributed by atoms with Crippen molar-refractivity contribution < 1.29 is 14.4 Å². The molecule has 0 aliphatic rings. The van der Waals surface area contributed by atoms with E-state index in [4.69, 9.17) is 5.11 Å². The second-order valence-corrected chi connectivity index (χ2v) is 4.60. The lowest BCUT2D eigenvalue weighted by Crippen LogP contribution is -2.26. The Bertz CT molecular complexity index is 421. The Morgan fingerprint density at radius 2 is 2.18 bits per heavy atom. The van der Waals surface area contributed by atoms with E-state index in [0.717, 1.165) is 12.1 Å². The Balaban J connectivity index is 2.75. The van der Waals surface area contributed by atoms with Gasteiger partial charge in [-0.1, -0.05) is 13.8 Å². The van der Waals surface area contributed by atoms with Crippen LogP contribution in [-0.2, 0) is 0 Å². The van der Waals surface area contributed by atoms with Gasteiger partial charge in [-0.25, -0.2) is 0 Å². The van der Waals surface area contributed by atoms with Crippen molar-refractivity contribution >= 4 is 11.4 Å². The number of anilines is 1. The second kappa shape index (κ2) is 5.09. The molecule has 0 aliphatic carbocycles. The molecule has 17 heavy (non-hydrogen) atoms. The highest BCUT2D eigenvalue weighted by Crippen LogP contribution is 2.22. The molecule has 0 saturated carbocycles. The zero-order chi connectivity index (χ0) is 13.1. The number of halogens is 1. The maximum atomic E-state index is 13.3. The van der Waals surface area contributed by atoms with Crippen LogP contribution >= 0.6 is 0 Å². The largest absolute Gasteiger partial charge is 0.396 e. The SMILES string of the molecule is CC(C)(CO)CNc1ccc([N+](=O)[O-])c(F)c1. The van der Waals surface area contributed by atoms with Crippen LogP contribution in [-0.4, -0.2) is 23.2 Å². The first-order chi connectivity index (χ1) is 7.85. The zero-order valence-corrected chi connectivity index (χ0v) is 9.74. The van der Waals surface area contributed by atoms with E-state index in [-0.39, 0.29) is 12.0 Å². The second-order valence-electron chi connectivity index (χ2n) is 4.60. The fourth-order valence-electron chi connectivity index (χ4n) is 1.16. The molecule has 0 aliphatic heterocycles. The molecule has 0 bridgehead atoms. The monoisotopic (exact) mass is 242 g/mol. The van der Waals surface area contributed by atoms with Gasteiger partial charge >= 0.3 is 5.69 Å². The van der Waals surface area contributed by atoms with Crippen LogP contribution in [0, 0.1) is 21.3 Å². The lowest BCUT2D eigenvalue weighted by molar-refractivity contribution is -0.387. The fourth-order valence-corrected chi connectivity index (χ4v) is 1.16. The van der Waals surface area contributed by atoms with Crippen LogP contribution in [0.5, 0.6) is 0 Å². The lowest BCUT2D eigenvalue weighted by atomic mass is 9.95. The minimum Gasteiger partial charge on any atom is -0.396 e. The molecule has 0 unspecified atom stereocenters. The van der Waals surface area contributed by atoms with E-state index in [1.54, 1.807) is 0 Å². The Labute approximate surface area is 98.4 Å². The summed E-state index contributed by atoms with van der Waals surface area (Å²) >= 11 is 0. The van der Waals surface area contributed by atoms with Crippen molar-refractivity contribution in [2.75, 3.05) is 18.5 Å². The van der Waals surface area contributed by atoms with E-state index in [1.165, 1.54) is 6.07 Å². The summed E-state index contributed by atoms with van der Waals surface area (Å²) in [5.41, 5.74) is -0.426. The average Bonchev–Trinajstić information content (AvgIpc) is 2.26. The van der Waals surface area contributed by atoms with Gasteiger partial charge < -0.3 is 10.4 Å². The summed E-state index contributed by atoms with van der Waals surface area (Å²) in [6, 6.07) is 3.63. The van der Waals surface area contributed by atoms with Crippen molar-refractivity contribution in [2.24, 2.45) is 5.41 Å². The number of hydrogen-bond acceptors (Lipinski definition) is 4. The average molecular weight is 242 g/mol. The summed E-state index contributed by atoms with van der Waals surface area (Å²) in [5, 5.41) is 22.4. The number of hydrogen-bond donors (Lipinski definition) is 2. The van der Waals surface area contributed by atoms with Gasteiger partial charge in [-0.05, 0) is 6.07 Å². The molecule has 0 heterocycles. The molecule has 0 aromatic heterocycles. The number of nitrogens with zero attached hydrogens (tertiary/aromatic N) is 1. The molecule has 0 amide bonds. The van der Waals surface area contributed by atoms with Crippen LogP contribution in [0.25, 0.3) is 0 Å². The van der Waals surface area contributed by atoms with Crippen LogP contribution < -0.4 is 5.32 Å². The summed E-state index contributed by atoms with van der Waals surface area (Å²) in [7, 11) is 0. The molecule has 1 rings (SSSR count). The van der Waals surface area contributed by atoms with Gasteiger partial charge in [0.25, 0.3) is 0 Å². The van der Waals surface area contributed by atoms with Gasteiger partial charge in [0.05, 0.1) is 4.92 Å². The molecule has 1 aromatic rings. The molecular weight excluding hydrogens is 227 g/mol. The van der Waals surface area contributed by atoms with Crippen molar-refractivity contribution in [3.05, 3.63) is 34.1 Å². The van der Waals surface area contributed by atoms with Gasteiger partial charge in [-0.2, -0.15) is 4.39 Å². The number of nitro groups is 1. The Kier molecular flexibility index (Phi) is 4.01. The zero-order valence-electron chi connectivity index (χ0n) is 9.74. The van der Waals surface area contributed by atoms with E-state index in [1.807, 2.05) is 13.8 Å². The first-order valence-corrected chi connectivity index (χ1v) is 5.14. The smallest absolute Gasteiger partial charge is 0.304 e. The maximum absolute atomic E-state index is 13.3. The van der Waals surface area contributed by atoms with Crippen molar-refractivity contribution in [3.63, 3.8) is 0 Å². The highest BCUT2D eigenvalue weighted by Gasteiger charge is 2.17. The van der Waals surface area contributed by atoms with Gasteiger partial charge in [0, 0.05) is 36.4 Å². The van der Waals surface area contributed by atoms with Crippen molar-refractivity contribution in [1.29, 1.82) is 0 Å². The Hall–Kier alpha value is -1.69. The summed E-state index contributed by atoms with van der Waals surface area (Å²) < 4.78 is 13.3. The molecule has 0 radical (unpaired) electrons. The van der Waals surface area contributed by atoms with Crippen LogP contribution in [0.2, 0.25) is 0 Å². The molecule has 1 aromatic carbocycles. The predicted octanol–water partition coefficient (Wildman–Crippen LogP) is 2.16. The molecule has 0 atom stereocenters. The standard InChI is InChI=1S/C11H15FN2O3/c1-11(2,7-15)6-13-8-3-4-10(14(16)17)9(12)5-8/h3-5,13,15H,6-7H2,1-2H3. The van der Waals surface area contributed by atoms with Crippen LogP contribution in [0.15, 0.2) is 18.2 Å². The highest BCUT2D eigenvalue weighted by atomic mass is 19.1. The highest BCUT2D eigenvalue weighted by molar-refractivity contribution is 5.49. The van der Waals surface area contributed by atoms with Crippen LogP contribution in [0.1, 0.15) is 13.8 Å². The predicted molar refractivity (Wildman–Crippen MR) is 62.4 cm³/mol. The van der Waals surface area contributed by atoms with Crippen molar-refractivity contribution in [1.82, 2.24) is 0 Å². The van der Waals surface area contributed by atoms with Gasteiger partial charge in [0.1, 0.15) is 0 Å². The minimum atomic E-state index is -0.873.